The number of aromatic amines is 1. The Kier molecular flexibility index (Phi) is 2.24. The summed E-state index contributed by atoms with van der Waals surface area (Å²) in [6, 6.07) is 7.80. The second-order valence-electron chi connectivity index (χ2n) is 4.75. The number of methoxy groups -OCH3 is 1. The molecule has 0 bridgehead atoms. The number of nitrogen functional groups attached to an aromatic ring is 1. The molecule has 2 aromatic carbocycles. The van der Waals surface area contributed by atoms with Crippen LogP contribution in [0.15, 0.2) is 24.3 Å². The number of ether oxygens (including phenoxy) is 3. The van der Waals surface area contributed by atoms with Crippen LogP contribution in [0.2, 0.25) is 0 Å². The van der Waals surface area contributed by atoms with Crippen molar-refractivity contribution in [2.45, 2.75) is 0 Å². The van der Waals surface area contributed by atoms with Gasteiger partial charge in [0.05, 0.1) is 23.8 Å². The number of anilines is 1. The number of nitrogens with two attached hydrogens (primary N) is 1. The Labute approximate surface area is 115 Å². The van der Waals surface area contributed by atoms with Crippen molar-refractivity contribution >= 4 is 27.5 Å². The van der Waals surface area contributed by atoms with Gasteiger partial charge < -0.3 is 24.9 Å². The van der Waals surface area contributed by atoms with Crippen molar-refractivity contribution < 1.29 is 14.2 Å². The molecule has 0 atom stereocenters. The number of aromatic nitrogens is 1. The Morgan fingerprint density at radius 3 is 2.65 bits per heavy atom. The quantitative estimate of drug-likeness (QED) is 0.667. The number of benzene rings is 2. The molecule has 0 aliphatic carbocycles. The van der Waals surface area contributed by atoms with E-state index in [9.17, 15) is 0 Å². The van der Waals surface area contributed by atoms with Gasteiger partial charge in [0, 0.05) is 10.8 Å². The highest BCUT2D eigenvalue weighted by Gasteiger charge is 2.19. The maximum Gasteiger partial charge on any atom is 0.185 e. The van der Waals surface area contributed by atoms with Gasteiger partial charge in [0.1, 0.15) is 13.2 Å². The minimum atomic E-state index is 0.556. The second kappa shape index (κ2) is 3.96. The van der Waals surface area contributed by atoms with Gasteiger partial charge in [0.2, 0.25) is 0 Å². The normalized spacial score (nSPS) is 13.8. The fourth-order valence-electron chi connectivity index (χ4n) is 2.76. The number of hydrogen-bond acceptors (Lipinski definition) is 4. The lowest BCUT2D eigenvalue weighted by atomic mass is 10.1. The van der Waals surface area contributed by atoms with Gasteiger partial charge in [-0.1, -0.05) is 0 Å². The third-order valence-corrected chi connectivity index (χ3v) is 3.64. The first-order valence-electron chi connectivity index (χ1n) is 6.46. The van der Waals surface area contributed by atoms with E-state index in [1.807, 2.05) is 24.3 Å². The van der Waals surface area contributed by atoms with Crippen LogP contribution in [0.5, 0.6) is 17.2 Å². The molecule has 0 amide bonds. The first kappa shape index (κ1) is 11.3. The molecule has 1 aliphatic rings. The van der Waals surface area contributed by atoms with Gasteiger partial charge in [-0.2, -0.15) is 0 Å². The summed E-state index contributed by atoms with van der Waals surface area (Å²) < 4.78 is 16.8. The summed E-state index contributed by atoms with van der Waals surface area (Å²) in [7, 11) is 1.62. The minimum Gasteiger partial charge on any atom is -0.492 e. The fourth-order valence-corrected chi connectivity index (χ4v) is 2.76. The maximum atomic E-state index is 5.96. The van der Waals surface area contributed by atoms with E-state index in [-0.39, 0.29) is 0 Å². The molecule has 0 spiro atoms. The lowest BCUT2D eigenvalue weighted by molar-refractivity contribution is 0.173. The second-order valence-corrected chi connectivity index (χ2v) is 4.75. The number of rotatable bonds is 1. The van der Waals surface area contributed by atoms with Crippen LogP contribution >= 0.6 is 0 Å². The molecule has 2 heterocycles. The highest BCUT2D eigenvalue weighted by atomic mass is 16.6. The molecule has 5 heteroatoms. The van der Waals surface area contributed by atoms with Crippen LogP contribution in [0.1, 0.15) is 0 Å². The Balaban J connectivity index is 2.13. The summed E-state index contributed by atoms with van der Waals surface area (Å²) in [6.45, 7) is 1.13. The molecule has 5 nitrogen and oxygen atoms in total. The van der Waals surface area contributed by atoms with Gasteiger partial charge in [-0.3, -0.25) is 0 Å². The van der Waals surface area contributed by atoms with E-state index in [4.69, 9.17) is 19.9 Å². The van der Waals surface area contributed by atoms with E-state index in [1.165, 1.54) is 0 Å². The van der Waals surface area contributed by atoms with E-state index in [1.54, 1.807) is 7.11 Å². The molecule has 102 valence electrons. The average Bonchev–Trinajstić information content (AvgIpc) is 2.86. The smallest absolute Gasteiger partial charge is 0.185 e. The number of nitrogens with one attached hydrogen (secondary N) is 1. The van der Waals surface area contributed by atoms with Gasteiger partial charge in [0.25, 0.3) is 0 Å². The molecule has 1 aromatic heterocycles. The third-order valence-electron chi connectivity index (χ3n) is 3.64. The van der Waals surface area contributed by atoms with Gasteiger partial charge in [-0.05, 0) is 24.3 Å². The van der Waals surface area contributed by atoms with E-state index < -0.39 is 0 Å². The van der Waals surface area contributed by atoms with Crippen molar-refractivity contribution in [3.63, 3.8) is 0 Å². The SMILES string of the molecule is COc1c(N)ccc2c1[nH]c1c3c(ccc12)OCCO3. The van der Waals surface area contributed by atoms with Gasteiger partial charge in [-0.25, -0.2) is 0 Å². The molecule has 0 saturated heterocycles. The Morgan fingerprint density at radius 1 is 1.05 bits per heavy atom. The first-order chi connectivity index (χ1) is 9.79. The van der Waals surface area contributed by atoms with Crippen LogP contribution in [-0.2, 0) is 0 Å². The van der Waals surface area contributed by atoms with E-state index in [0.717, 1.165) is 33.3 Å². The number of hydrogen-bond donors (Lipinski definition) is 2. The monoisotopic (exact) mass is 270 g/mol. The molecule has 3 aromatic rings. The predicted molar refractivity (Wildman–Crippen MR) is 77.8 cm³/mol. The molecule has 3 N–H and O–H groups in total. The number of fused-ring (bicyclic) bond motifs is 5. The fraction of sp³-hybridized carbons (Fsp3) is 0.200. The third kappa shape index (κ3) is 1.37. The van der Waals surface area contributed by atoms with Crippen LogP contribution < -0.4 is 19.9 Å². The zero-order valence-electron chi connectivity index (χ0n) is 11.0. The minimum absolute atomic E-state index is 0.556. The molecule has 0 radical (unpaired) electrons. The number of H-pyrrole nitrogens is 1. The lowest BCUT2D eigenvalue weighted by Gasteiger charge is -2.18. The van der Waals surface area contributed by atoms with Crippen molar-refractivity contribution in [1.82, 2.24) is 4.98 Å². The van der Waals surface area contributed by atoms with Crippen molar-refractivity contribution in [1.29, 1.82) is 0 Å². The maximum absolute atomic E-state index is 5.96. The van der Waals surface area contributed by atoms with Crippen LogP contribution in [0, 0.1) is 0 Å². The van der Waals surface area contributed by atoms with Crippen molar-refractivity contribution in [2.75, 3.05) is 26.1 Å². The van der Waals surface area contributed by atoms with Gasteiger partial charge in [0.15, 0.2) is 17.2 Å². The standard InChI is InChI=1S/C15H14N2O3/c1-18-14-10(16)4-2-8-9-3-5-11-15(20-7-6-19-11)13(9)17-12(8)14/h2-5,17H,6-7,16H2,1H3. The van der Waals surface area contributed by atoms with Gasteiger partial charge >= 0.3 is 0 Å². The van der Waals surface area contributed by atoms with Crippen molar-refractivity contribution in [3.05, 3.63) is 24.3 Å². The lowest BCUT2D eigenvalue weighted by Crippen LogP contribution is -2.15. The predicted octanol–water partition coefficient (Wildman–Crippen LogP) is 2.68. The molecular formula is C15H14N2O3. The molecule has 4 rings (SSSR count). The van der Waals surface area contributed by atoms with Crippen LogP contribution in [0.3, 0.4) is 0 Å². The largest absolute Gasteiger partial charge is 0.492 e. The van der Waals surface area contributed by atoms with Gasteiger partial charge in [-0.15, -0.1) is 0 Å². The summed E-state index contributed by atoms with van der Waals surface area (Å²) in [5.41, 5.74) is 8.36. The zero-order chi connectivity index (χ0) is 13.7. The van der Waals surface area contributed by atoms with Crippen molar-refractivity contribution in [3.8, 4) is 17.2 Å². The van der Waals surface area contributed by atoms with E-state index in [2.05, 4.69) is 4.98 Å². The summed E-state index contributed by atoms with van der Waals surface area (Å²) >= 11 is 0. The Bertz CT molecular complexity index is 823. The summed E-state index contributed by atoms with van der Waals surface area (Å²) in [6.07, 6.45) is 0. The average molecular weight is 270 g/mol. The van der Waals surface area contributed by atoms with Crippen LogP contribution in [-0.4, -0.2) is 25.3 Å². The zero-order valence-corrected chi connectivity index (χ0v) is 11.0. The van der Waals surface area contributed by atoms with E-state index in [0.29, 0.717) is 24.7 Å². The summed E-state index contributed by atoms with van der Waals surface area (Å²) in [5, 5.41) is 2.13. The summed E-state index contributed by atoms with van der Waals surface area (Å²) in [5.74, 6) is 2.18. The molecule has 0 fully saturated rings. The highest BCUT2D eigenvalue weighted by Crippen LogP contribution is 2.43. The molecule has 1 aliphatic heterocycles. The molecule has 20 heavy (non-hydrogen) atoms. The van der Waals surface area contributed by atoms with Crippen LogP contribution in [0.25, 0.3) is 21.8 Å². The topological polar surface area (TPSA) is 69.5 Å². The molecule has 0 unspecified atom stereocenters. The molecule has 0 saturated carbocycles. The first-order valence-corrected chi connectivity index (χ1v) is 6.46. The van der Waals surface area contributed by atoms with Crippen molar-refractivity contribution in [2.24, 2.45) is 0 Å². The Hall–Kier alpha value is -2.56. The highest BCUT2D eigenvalue weighted by molar-refractivity contribution is 6.12. The van der Waals surface area contributed by atoms with E-state index >= 15 is 0 Å². The molecular weight excluding hydrogens is 256 g/mol. The van der Waals surface area contributed by atoms with Crippen LogP contribution in [0.4, 0.5) is 5.69 Å². The summed E-state index contributed by atoms with van der Waals surface area (Å²) in [4.78, 5) is 3.36. The Morgan fingerprint density at radius 2 is 1.80 bits per heavy atom.